The molecule has 1 unspecified atom stereocenters. The zero-order chi connectivity index (χ0) is 16.9. The number of carbonyl (C=O) groups excluding carboxylic acids is 1. The Hall–Kier alpha value is -1.83. The van der Waals surface area contributed by atoms with E-state index >= 15 is 0 Å². The van der Waals surface area contributed by atoms with Gasteiger partial charge in [0.25, 0.3) is 0 Å². The van der Waals surface area contributed by atoms with Gasteiger partial charge in [-0.2, -0.15) is 0 Å². The molecule has 1 aromatic heterocycles. The molecule has 1 fully saturated rings. The number of aryl methyl sites for hydroxylation is 1. The average Bonchev–Trinajstić information content (AvgIpc) is 3.18. The second kappa shape index (κ2) is 7.83. The third-order valence-corrected chi connectivity index (χ3v) is 5.05. The van der Waals surface area contributed by atoms with Gasteiger partial charge in [0.2, 0.25) is 11.0 Å². The van der Waals surface area contributed by atoms with Gasteiger partial charge < -0.3 is 4.74 Å². The molecule has 1 aliphatic rings. The number of ether oxygens (including phenoxy) is 1. The van der Waals surface area contributed by atoms with Crippen molar-refractivity contribution in [3.8, 4) is 0 Å². The smallest absolute Gasteiger partial charge is 0.240 e. The predicted molar refractivity (Wildman–Crippen MR) is 94.0 cm³/mol. The Balaban J connectivity index is 1.61. The number of amides is 1. The first kappa shape index (κ1) is 17.0. The topological polar surface area (TPSA) is 67.4 Å². The molecule has 24 heavy (non-hydrogen) atoms. The summed E-state index contributed by atoms with van der Waals surface area (Å²) < 4.78 is 5.02. The second-order valence-electron chi connectivity index (χ2n) is 5.97. The van der Waals surface area contributed by atoms with Gasteiger partial charge in [-0.3, -0.25) is 15.0 Å². The van der Waals surface area contributed by atoms with Crippen LogP contribution in [0.1, 0.15) is 35.0 Å². The Labute approximate surface area is 145 Å². The fourth-order valence-corrected chi connectivity index (χ4v) is 3.89. The van der Waals surface area contributed by atoms with Crippen LogP contribution in [0.4, 0.5) is 5.13 Å². The molecule has 6 nitrogen and oxygen atoms in total. The van der Waals surface area contributed by atoms with Gasteiger partial charge in [0.1, 0.15) is 11.6 Å². The molecule has 1 amide bonds. The molecule has 2 heterocycles. The van der Waals surface area contributed by atoms with E-state index in [0.29, 0.717) is 24.3 Å². The Morgan fingerprint density at radius 3 is 3.04 bits per heavy atom. The normalized spacial score (nSPS) is 18.0. The summed E-state index contributed by atoms with van der Waals surface area (Å²) in [4.78, 5) is 14.6. The molecule has 0 bridgehead atoms. The van der Waals surface area contributed by atoms with E-state index in [1.165, 1.54) is 22.5 Å². The number of nitrogens with one attached hydrogen (secondary N) is 1. The molecule has 1 atom stereocenters. The highest BCUT2D eigenvalue weighted by Crippen LogP contribution is 2.33. The minimum Gasteiger partial charge on any atom is -0.377 e. The number of hydrogen-bond donors (Lipinski definition) is 1. The van der Waals surface area contributed by atoms with Gasteiger partial charge in [-0.05, 0) is 37.4 Å². The van der Waals surface area contributed by atoms with Crippen LogP contribution in [-0.2, 0) is 16.1 Å². The standard InChI is InChI=1S/C17H22N4O2S/c1-12-6-3-4-7-13(12)14-8-5-9-21(14)10-15(22)18-17-20-19-16(24-17)11-23-2/h3-4,6-7,14H,5,8-11H2,1-2H3,(H,18,20,22). The van der Waals surface area contributed by atoms with Crippen molar-refractivity contribution in [1.82, 2.24) is 15.1 Å². The summed E-state index contributed by atoms with van der Waals surface area (Å²) >= 11 is 1.35. The predicted octanol–water partition coefficient (Wildman–Crippen LogP) is 2.77. The van der Waals surface area contributed by atoms with E-state index in [2.05, 4.69) is 51.6 Å². The van der Waals surface area contributed by atoms with Crippen molar-refractivity contribution in [2.45, 2.75) is 32.4 Å². The quantitative estimate of drug-likeness (QED) is 0.871. The van der Waals surface area contributed by atoms with Crippen LogP contribution in [0.15, 0.2) is 24.3 Å². The van der Waals surface area contributed by atoms with E-state index < -0.39 is 0 Å². The maximum absolute atomic E-state index is 12.4. The highest BCUT2D eigenvalue weighted by atomic mass is 32.1. The van der Waals surface area contributed by atoms with E-state index in [1.807, 2.05) is 0 Å². The highest BCUT2D eigenvalue weighted by Gasteiger charge is 2.28. The van der Waals surface area contributed by atoms with Crippen LogP contribution >= 0.6 is 11.3 Å². The van der Waals surface area contributed by atoms with E-state index in [4.69, 9.17) is 4.74 Å². The molecule has 0 aliphatic carbocycles. The Morgan fingerprint density at radius 2 is 2.25 bits per heavy atom. The largest absolute Gasteiger partial charge is 0.377 e. The molecular formula is C17H22N4O2S. The lowest BCUT2D eigenvalue weighted by molar-refractivity contribution is -0.117. The first-order valence-corrected chi connectivity index (χ1v) is 8.90. The Bertz CT molecular complexity index is 703. The maximum atomic E-state index is 12.4. The van der Waals surface area contributed by atoms with Crippen molar-refractivity contribution in [2.24, 2.45) is 0 Å². The molecule has 7 heteroatoms. The number of hydrogen-bond acceptors (Lipinski definition) is 6. The number of carbonyl (C=O) groups is 1. The Kier molecular flexibility index (Phi) is 5.55. The van der Waals surface area contributed by atoms with Crippen molar-refractivity contribution in [1.29, 1.82) is 0 Å². The fourth-order valence-electron chi connectivity index (χ4n) is 3.16. The van der Waals surface area contributed by atoms with E-state index in [0.717, 1.165) is 24.4 Å². The summed E-state index contributed by atoms with van der Waals surface area (Å²) in [5, 5.41) is 12.1. The second-order valence-corrected chi connectivity index (χ2v) is 7.03. The van der Waals surface area contributed by atoms with Gasteiger partial charge in [-0.15, -0.1) is 10.2 Å². The fraction of sp³-hybridized carbons (Fsp3) is 0.471. The highest BCUT2D eigenvalue weighted by molar-refractivity contribution is 7.15. The van der Waals surface area contributed by atoms with Gasteiger partial charge in [0, 0.05) is 13.2 Å². The van der Waals surface area contributed by atoms with Crippen LogP contribution in [0.3, 0.4) is 0 Å². The van der Waals surface area contributed by atoms with Gasteiger partial charge in [0.15, 0.2) is 0 Å². The van der Waals surface area contributed by atoms with Gasteiger partial charge >= 0.3 is 0 Å². The third kappa shape index (κ3) is 3.98. The molecule has 128 valence electrons. The molecule has 1 aliphatic heterocycles. The zero-order valence-electron chi connectivity index (χ0n) is 14.0. The van der Waals surface area contributed by atoms with E-state index in [-0.39, 0.29) is 5.91 Å². The summed E-state index contributed by atoms with van der Waals surface area (Å²) in [5.74, 6) is -0.0457. The van der Waals surface area contributed by atoms with Crippen LogP contribution in [-0.4, -0.2) is 41.2 Å². The van der Waals surface area contributed by atoms with E-state index in [1.54, 1.807) is 7.11 Å². The van der Waals surface area contributed by atoms with Crippen molar-refractivity contribution < 1.29 is 9.53 Å². The summed E-state index contributed by atoms with van der Waals surface area (Å²) in [6, 6.07) is 8.73. The number of rotatable bonds is 6. The molecule has 3 rings (SSSR count). The molecule has 1 saturated heterocycles. The third-order valence-electron chi connectivity index (χ3n) is 4.24. The monoisotopic (exact) mass is 346 g/mol. The lowest BCUT2D eigenvalue weighted by Crippen LogP contribution is -2.33. The molecular weight excluding hydrogens is 324 g/mol. The molecule has 0 radical (unpaired) electrons. The molecule has 0 saturated carbocycles. The summed E-state index contributed by atoms with van der Waals surface area (Å²) in [7, 11) is 1.61. The number of nitrogens with zero attached hydrogens (tertiary/aromatic N) is 3. The Morgan fingerprint density at radius 1 is 1.42 bits per heavy atom. The van der Waals surface area contributed by atoms with Gasteiger partial charge in [-0.25, -0.2) is 0 Å². The van der Waals surface area contributed by atoms with Crippen molar-refractivity contribution in [3.63, 3.8) is 0 Å². The van der Waals surface area contributed by atoms with Crippen LogP contribution in [0.25, 0.3) is 0 Å². The molecule has 1 aromatic carbocycles. The number of benzene rings is 1. The van der Waals surface area contributed by atoms with Crippen LogP contribution in [0.2, 0.25) is 0 Å². The number of anilines is 1. The lowest BCUT2D eigenvalue weighted by Gasteiger charge is -2.25. The molecule has 1 N–H and O–H groups in total. The van der Waals surface area contributed by atoms with Crippen LogP contribution in [0.5, 0.6) is 0 Å². The number of likely N-dealkylation sites (tertiary alicyclic amines) is 1. The van der Waals surface area contributed by atoms with E-state index in [9.17, 15) is 4.79 Å². The van der Waals surface area contributed by atoms with Crippen molar-refractivity contribution in [2.75, 3.05) is 25.5 Å². The summed E-state index contributed by atoms with van der Waals surface area (Å²) in [6.45, 7) is 3.86. The van der Waals surface area contributed by atoms with Crippen LogP contribution < -0.4 is 5.32 Å². The van der Waals surface area contributed by atoms with Crippen molar-refractivity contribution >= 4 is 22.4 Å². The van der Waals surface area contributed by atoms with Gasteiger partial charge in [0.05, 0.1) is 6.54 Å². The minimum absolute atomic E-state index is 0.0457. The average molecular weight is 346 g/mol. The molecule has 2 aromatic rings. The van der Waals surface area contributed by atoms with Gasteiger partial charge in [-0.1, -0.05) is 35.6 Å². The number of aromatic nitrogens is 2. The summed E-state index contributed by atoms with van der Waals surface area (Å²) in [6.07, 6.45) is 2.21. The first-order chi connectivity index (χ1) is 11.7. The minimum atomic E-state index is -0.0457. The SMILES string of the molecule is COCc1nnc(NC(=O)CN2CCCC2c2ccccc2C)s1. The maximum Gasteiger partial charge on any atom is 0.240 e. The first-order valence-electron chi connectivity index (χ1n) is 8.08. The zero-order valence-corrected chi connectivity index (χ0v) is 14.8. The molecule has 0 spiro atoms. The summed E-state index contributed by atoms with van der Waals surface area (Å²) in [5.41, 5.74) is 2.60. The van der Waals surface area contributed by atoms with Crippen LogP contribution in [0, 0.1) is 6.92 Å². The lowest BCUT2D eigenvalue weighted by atomic mass is 9.99. The van der Waals surface area contributed by atoms with Crippen molar-refractivity contribution in [3.05, 3.63) is 40.4 Å². The number of methoxy groups -OCH3 is 1.